The van der Waals surface area contributed by atoms with Gasteiger partial charge in [0.05, 0.1) is 0 Å². The summed E-state index contributed by atoms with van der Waals surface area (Å²) in [4.78, 5) is 21.4. The molecule has 1 unspecified atom stereocenters. The second kappa shape index (κ2) is 6.37. The molecule has 0 spiro atoms. The van der Waals surface area contributed by atoms with E-state index in [9.17, 15) is 14.7 Å². The highest BCUT2D eigenvalue weighted by atomic mass is 35.5. The minimum absolute atomic E-state index is 0.134. The third-order valence-electron chi connectivity index (χ3n) is 2.57. The smallest absolute Gasteiger partial charge is 0.337 e. The van der Waals surface area contributed by atoms with Crippen molar-refractivity contribution in [1.82, 2.24) is 0 Å². The summed E-state index contributed by atoms with van der Waals surface area (Å²) in [6.07, 6.45) is -1.68. The van der Waals surface area contributed by atoms with Crippen LogP contribution in [0.15, 0.2) is 18.2 Å². The Kier molecular flexibility index (Phi) is 5.12. The molecule has 0 heterocycles. The zero-order chi connectivity index (χ0) is 13.7. The van der Waals surface area contributed by atoms with E-state index in [1.54, 1.807) is 12.1 Å². The van der Waals surface area contributed by atoms with Crippen molar-refractivity contribution < 1.29 is 24.9 Å². The maximum Gasteiger partial charge on any atom is 0.337 e. The summed E-state index contributed by atoms with van der Waals surface area (Å²) in [6, 6.07) is 4.73. The number of rotatable bonds is 6. The van der Waals surface area contributed by atoms with Gasteiger partial charge in [-0.2, -0.15) is 0 Å². The summed E-state index contributed by atoms with van der Waals surface area (Å²) in [5.74, 6) is -2.23. The monoisotopic (exact) mass is 272 g/mol. The van der Waals surface area contributed by atoms with Crippen molar-refractivity contribution in [3.05, 3.63) is 34.9 Å². The van der Waals surface area contributed by atoms with Crippen LogP contribution in [0, 0.1) is 0 Å². The summed E-state index contributed by atoms with van der Waals surface area (Å²) in [6.45, 7) is 0. The SMILES string of the molecule is O=C(O)CCc1c(CCl)cccc1C(O)C(=O)O. The van der Waals surface area contributed by atoms with Gasteiger partial charge in [-0.05, 0) is 23.1 Å². The number of benzene rings is 1. The molecule has 1 aromatic carbocycles. The minimum Gasteiger partial charge on any atom is -0.481 e. The molecule has 5 nitrogen and oxygen atoms in total. The molecule has 18 heavy (non-hydrogen) atoms. The third-order valence-corrected chi connectivity index (χ3v) is 2.86. The van der Waals surface area contributed by atoms with Gasteiger partial charge in [-0.1, -0.05) is 18.2 Å². The number of aliphatic carboxylic acids is 2. The first-order valence-corrected chi connectivity index (χ1v) is 5.80. The number of halogens is 1. The molecule has 0 aliphatic heterocycles. The highest BCUT2D eigenvalue weighted by Gasteiger charge is 2.21. The van der Waals surface area contributed by atoms with Gasteiger partial charge in [0.1, 0.15) is 0 Å². The number of carboxylic acid groups (broad SMARTS) is 2. The number of carbonyl (C=O) groups is 2. The molecule has 1 aromatic rings. The summed E-state index contributed by atoms with van der Waals surface area (Å²) in [7, 11) is 0. The Morgan fingerprint density at radius 3 is 2.44 bits per heavy atom. The standard InChI is InChI=1S/C12H13ClO5/c13-6-7-2-1-3-9(11(16)12(17)18)8(7)4-5-10(14)15/h1-3,11,16H,4-6H2,(H,14,15)(H,17,18). The number of alkyl halides is 1. The Morgan fingerprint density at radius 1 is 1.28 bits per heavy atom. The van der Waals surface area contributed by atoms with Gasteiger partial charge in [-0.15, -0.1) is 11.6 Å². The molecule has 3 N–H and O–H groups in total. The normalized spacial score (nSPS) is 12.1. The molecule has 0 saturated heterocycles. The fourth-order valence-electron chi connectivity index (χ4n) is 1.71. The molecule has 0 aliphatic carbocycles. The third kappa shape index (κ3) is 3.45. The van der Waals surface area contributed by atoms with Crippen molar-refractivity contribution in [1.29, 1.82) is 0 Å². The molecule has 98 valence electrons. The van der Waals surface area contributed by atoms with E-state index in [1.165, 1.54) is 6.07 Å². The molecule has 0 amide bonds. The molecule has 0 bridgehead atoms. The van der Waals surface area contributed by atoms with Crippen molar-refractivity contribution in [3.63, 3.8) is 0 Å². The van der Waals surface area contributed by atoms with Crippen LogP contribution < -0.4 is 0 Å². The van der Waals surface area contributed by atoms with Crippen LogP contribution in [-0.2, 0) is 21.9 Å². The van der Waals surface area contributed by atoms with E-state index < -0.39 is 18.0 Å². The fourth-order valence-corrected chi connectivity index (χ4v) is 1.96. The van der Waals surface area contributed by atoms with E-state index >= 15 is 0 Å². The number of hydrogen-bond donors (Lipinski definition) is 3. The Bertz CT molecular complexity index is 458. The van der Waals surface area contributed by atoms with Crippen molar-refractivity contribution >= 4 is 23.5 Å². The van der Waals surface area contributed by atoms with Crippen molar-refractivity contribution in [3.8, 4) is 0 Å². The van der Waals surface area contributed by atoms with Crippen LogP contribution in [-0.4, -0.2) is 27.3 Å². The van der Waals surface area contributed by atoms with Gasteiger partial charge in [-0.25, -0.2) is 4.79 Å². The average molecular weight is 273 g/mol. The van der Waals surface area contributed by atoms with Gasteiger partial charge in [0.15, 0.2) is 6.10 Å². The van der Waals surface area contributed by atoms with E-state index in [2.05, 4.69) is 0 Å². The second-order valence-electron chi connectivity index (χ2n) is 3.75. The predicted molar refractivity (Wildman–Crippen MR) is 64.6 cm³/mol. The lowest BCUT2D eigenvalue weighted by Gasteiger charge is -2.15. The molecule has 0 radical (unpaired) electrons. The van der Waals surface area contributed by atoms with Crippen LogP contribution in [0.2, 0.25) is 0 Å². The quantitative estimate of drug-likeness (QED) is 0.683. The summed E-state index contributed by atoms with van der Waals surface area (Å²) in [5, 5.41) is 27.0. The first-order valence-electron chi connectivity index (χ1n) is 5.26. The minimum atomic E-state index is -1.67. The summed E-state index contributed by atoms with van der Waals surface area (Å²) < 4.78 is 0. The van der Waals surface area contributed by atoms with E-state index in [0.717, 1.165) is 0 Å². The van der Waals surface area contributed by atoms with E-state index in [0.29, 0.717) is 11.1 Å². The molecule has 0 aromatic heterocycles. The van der Waals surface area contributed by atoms with Crippen LogP contribution in [0.3, 0.4) is 0 Å². The van der Waals surface area contributed by atoms with Crippen LogP contribution in [0.4, 0.5) is 0 Å². The van der Waals surface area contributed by atoms with Crippen molar-refractivity contribution in [2.75, 3.05) is 0 Å². The molecule has 1 rings (SSSR count). The largest absolute Gasteiger partial charge is 0.481 e. The van der Waals surface area contributed by atoms with Gasteiger partial charge < -0.3 is 15.3 Å². The van der Waals surface area contributed by atoms with Crippen LogP contribution in [0.1, 0.15) is 29.2 Å². The number of carboxylic acids is 2. The molecular weight excluding hydrogens is 260 g/mol. The highest BCUT2D eigenvalue weighted by Crippen LogP contribution is 2.24. The highest BCUT2D eigenvalue weighted by molar-refractivity contribution is 6.17. The lowest BCUT2D eigenvalue weighted by Crippen LogP contribution is -2.14. The van der Waals surface area contributed by atoms with Gasteiger partial charge in [-0.3, -0.25) is 4.79 Å². The Morgan fingerprint density at radius 2 is 1.94 bits per heavy atom. The molecule has 0 fully saturated rings. The first-order chi connectivity index (χ1) is 8.47. The lowest BCUT2D eigenvalue weighted by molar-refractivity contribution is -0.147. The van der Waals surface area contributed by atoms with Crippen molar-refractivity contribution in [2.24, 2.45) is 0 Å². The predicted octanol–water partition coefficient (Wildman–Crippen LogP) is 1.56. The fraction of sp³-hybridized carbons (Fsp3) is 0.333. The summed E-state index contributed by atoms with van der Waals surface area (Å²) in [5.41, 5.74) is 1.32. The van der Waals surface area contributed by atoms with Crippen LogP contribution in [0.5, 0.6) is 0 Å². The van der Waals surface area contributed by atoms with Crippen LogP contribution >= 0.6 is 11.6 Å². The number of aliphatic hydroxyl groups is 1. The maximum absolute atomic E-state index is 10.8. The molecule has 0 aliphatic rings. The van der Waals surface area contributed by atoms with E-state index in [4.69, 9.17) is 21.8 Å². The zero-order valence-electron chi connectivity index (χ0n) is 9.47. The Labute approximate surface area is 109 Å². The first kappa shape index (κ1) is 14.5. The van der Waals surface area contributed by atoms with Gasteiger partial charge >= 0.3 is 11.9 Å². The van der Waals surface area contributed by atoms with Gasteiger partial charge in [0, 0.05) is 12.3 Å². The topological polar surface area (TPSA) is 94.8 Å². The van der Waals surface area contributed by atoms with Crippen molar-refractivity contribution in [2.45, 2.75) is 24.8 Å². The molecule has 6 heteroatoms. The second-order valence-corrected chi connectivity index (χ2v) is 4.02. The lowest BCUT2D eigenvalue weighted by atomic mass is 9.94. The zero-order valence-corrected chi connectivity index (χ0v) is 10.2. The van der Waals surface area contributed by atoms with Crippen LogP contribution in [0.25, 0.3) is 0 Å². The number of hydrogen-bond acceptors (Lipinski definition) is 3. The molecule has 0 saturated carbocycles. The maximum atomic E-state index is 10.8. The van der Waals surface area contributed by atoms with E-state index in [-0.39, 0.29) is 24.3 Å². The van der Waals surface area contributed by atoms with Gasteiger partial charge in [0.25, 0.3) is 0 Å². The van der Waals surface area contributed by atoms with Gasteiger partial charge in [0.2, 0.25) is 0 Å². The average Bonchev–Trinajstić information content (AvgIpc) is 2.34. The van der Waals surface area contributed by atoms with E-state index in [1.807, 2.05) is 0 Å². The Balaban J connectivity index is 3.15. The number of aliphatic hydroxyl groups excluding tert-OH is 1. The molecular formula is C12H13ClO5. The summed E-state index contributed by atoms with van der Waals surface area (Å²) >= 11 is 5.73. The molecule has 1 atom stereocenters. The Hall–Kier alpha value is -1.59.